The number of benzene rings is 2. The fourth-order valence-corrected chi connectivity index (χ4v) is 4.13. The van der Waals surface area contributed by atoms with Crippen LogP contribution in [0, 0.1) is 6.92 Å². The topological polar surface area (TPSA) is 101 Å². The van der Waals surface area contributed by atoms with Gasteiger partial charge in [-0.1, -0.05) is 35.6 Å². The molecule has 9 heteroatoms. The van der Waals surface area contributed by atoms with Gasteiger partial charge in [-0.25, -0.2) is 4.98 Å². The first-order valence-corrected chi connectivity index (χ1v) is 10.7. The summed E-state index contributed by atoms with van der Waals surface area (Å²) in [6.07, 6.45) is 3.38. The number of para-hydroxylation sites is 1. The second-order valence-corrected chi connectivity index (χ2v) is 8.19. The normalized spacial score (nSPS) is 11.0. The molecule has 5 aromatic rings. The predicted molar refractivity (Wildman–Crippen MR) is 125 cm³/mol. The van der Waals surface area contributed by atoms with Crippen molar-refractivity contribution in [1.82, 2.24) is 24.9 Å². The van der Waals surface area contributed by atoms with E-state index in [0.717, 1.165) is 16.8 Å². The minimum atomic E-state index is -0.276. The van der Waals surface area contributed by atoms with E-state index in [9.17, 15) is 9.59 Å². The molecule has 0 aliphatic carbocycles. The maximum atomic E-state index is 12.9. The minimum absolute atomic E-state index is 0.246. The van der Waals surface area contributed by atoms with Crippen LogP contribution in [0.1, 0.15) is 21.5 Å². The third-order valence-corrected chi connectivity index (χ3v) is 5.85. The lowest BCUT2D eigenvalue weighted by Crippen LogP contribution is -2.23. The molecule has 158 valence electrons. The van der Waals surface area contributed by atoms with Crippen molar-refractivity contribution in [2.45, 2.75) is 13.5 Å². The van der Waals surface area contributed by atoms with Crippen LogP contribution >= 0.6 is 11.3 Å². The number of carbonyl (C=O) groups is 1. The number of aromatic nitrogens is 4. The Morgan fingerprint density at radius 3 is 2.81 bits per heavy atom. The van der Waals surface area contributed by atoms with E-state index >= 15 is 0 Å². The van der Waals surface area contributed by atoms with Crippen LogP contribution in [0.5, 0.6) is 0 Å². The summed E-state index contributed by atoms with van der Waals surface area (Å²) in [6.45, 7) is 2.36. The Morgan fingerprint density at radius 2 is 2.00 bits per heavy atom. The fraction of sp³-hybridized carbons (Fsp3) is 0.0870. The Morgan fingerprint density at radius 1 is 1.12 bits per heavy atom. The van der Waals surface area contributed by atoms with Crippen molar-refractivity contribution < 1.29 is 4.79 Å². The number of nitrogens with one attached hydrogen (secondary N) is 2. The maximum Gasteiger partial charge on any atom is 0.283 e. The van der Waals surface area contributed by atoms with Gasteiger partial charge in [0.15, 0.2) is 0 Å². The largest absolute Gasteiger partial charge is 0.348 e. The summed E-state index contributed by atoms with van der Waals surface area (Å²) >= 11 is 1.27. The predicted octanol–water partition coefficient (Wildman–Crippen LogP) is 3.68. The van der Waals surface area contributed by atoms with Crippen molar-refractivity contribution in [3.8, 4) is 0 Å². The molecule has 3 heterocycles. The number of hydrogen-bond donors (Lipinski definition) is 2. The number of fused-ring (bicyclic) bond motifs is 2. The van der Waals surface area contributed by atoms with Crippen LogP contribution in [0.2, 0.25) is 0 Å². The van der Waals surface area contributed by atoms with Crippen molar-refractivity contribution in [2.24, 2.45) is 0 Å². The van der Waals surface area contributed by atoms with Gasteiger partial charge in [0.05, 0.1) is 10.9 Å². The summed E-state index contributed by atoms with van der Waals surface area (Å²) in [4.78, 5) is 34.6. The molecule has 0 aliphatic heterocycles. The summed E-state index contributed by atoms with van der Waals surface area (Å²) in [5, 5.41) is 11.5. The van der Waals surface area contributed by atoms with Crippen molar-refractivity contribution in [3.63, 3.8) is 0 Å². The Balaban J connectivity index is 1.45. The number of hydrogen-bond acceptors (Lipinski definition) is 7. The molecule has 2 aromatic carbocycles. The molecule has 5 rings (SSSR count). The van der Waals surface area contributed by atoms with Crippen molar-refractivity contribution >= 4 is 43.9 Å². The molecular formula is C23H18N6O2S. The van der Waals surface area contributed by atoms with Crippen molar-refractivity contribution in [3.05, 3.63) is 94.0 Å². The highest BCUT2D eigenvalue weighted by Crippen LogP contribution is 2.24. The number of pyridine rings is 1. The molecule has 0 saturated heterocycles. The molecule has 1 amide bonds. The van der Waals surface area contributed by atoms with E-state index in [4.69, 9.17) is 0 Å². The van der Waals surface area contributed by atoms with E-state index in [-0.39, 0.29) is 11.5 Å². The van der Waals surface area contributed by atoms with Crippen LogP contribution < -0.4 is 16.2 Å². The number of rotatable bonds is 5. The number of aryl methyl sites for hydroxylation is 1. The third-order valence-electron chi connectivity index (χ3n) is 5.02. The van der Waals surface area contributed by atoms with Gasteiger partial charge in [0.2, 0.25) is 10.1 Å². The zero-order chi connectivity index (χ0) is 22.1. The highest BCUT2D eigenvalue weighted by atomic mass is 32.1. The minimum Gasteiger partial charge on any atom is -0.348 e. The molecule has 2 N–H and O–H groups in total. The second kappa shape index (κ2) is 8.20. The lowest BCUT2D eigenvalue weighted by atomic mass is 10.1. The zero-order valence-corrected chi connectivity index (χ0v) is 17.9. The maximum absolute atomic E-state index is 12.9. The Labute approximate surface area is 186 Å². The molecule has 0 atom stereocenters. The molecule has 0 bridgehead atoms. The van der Waals surface area contributed by atoms with Crippen LogP contribution in [-0.2, 0) is 6.54 Å². The van der Waals surface area contributed by atoms with Gasteiger partial charge in [0, 0.05) is 30.2 Å². The van der Waals surface area contributed by atoms with Crippen LogP contribution in [0.15, 0.2) is 71.8 Å². The Bertz CT molecular complexity index is 1510. The molecule has 0 saturated carbocycles. The SMILES string of the molecule is Cc1ccccc1Nc1nn2c(=O)c3ccc(C(=O)NCc4cccnc4)cc3nc2s1. The average Bonchev–Trinajstić information content (AvgIpc) is 3.22. The molecule has 8 nitrogen and oxygen atoms in total. The third kappa shape index (κ3) is 3.81. The fourth-order valence-electron chi connectivity index (χ4n) is 3.32. The van der Waals surface area contributed by atoms with Crippen LogP contribution in [0.3, 0.4) is 0 Å². The zero-order valence-electron chi connectivity index (χ0n) is 17.1. The molecule has 0 radical (unpaired) electrons. The van der Waals surface area contributed by atoms with E-state index in [1.165, 1.54) is 15.9 Å². The number of carbonyl (C=O) groups excluding carboxylic acids is 1. The highest BCUT2D eigenvalue weighted by molar-refractivity contribution is 7.20. The molecule has 0 fully saturated rings. The van der Waals surface area contributed by atoms with Gasteiger partial charge in [-0.2, -0.15) is 4.52 Å². The summed E-state index contributed by atoms with van der Waals surface area (Å²) in [5.41, 5.74) is 3.49. The van der Waals surface area contributed by atoms with Gasteiger partial charge in [0.1, 0.15) is 0 Å². The van der Waals surface area contributed by atoms with Gasteiger partial charge < -0.3 is 10.6 Å². The van der Waals surface area contributed by atoms with Gasteiger partial charge in [-0.15, -0.1) is 5.10 Å². The van der Waals surface area contributed by atoms with Crippen LogP contribution in [0.4, 0.5) is 10.8 Å². The summed E-state index contributed by atoms with van der Waals surface area (Å²) in [7, 11) is 0. The van der Waals surface area contributed by atoms with Crippen molar-refractivity contribution in [2.75, 3.05) is 5.32 Å². The lowest BCUT2D eigenvalue weighted by Gasteiger charge is -2.06. The molecule has 0 spiro atoms. The van der Waals surface area contributed by atoms with Gasteiger partial charge >= 0.3 is 0 Å². The van der Waals surface area contributed by atoms with Gasteiger partial charge in [0.25, 0.3) is 11.5 Å². The first-order valence-electron chi connectivity index (χ1n) is 9.92. The quantitative estimate of drug-likeness (QED) is 0.431. The first-order chi connectivity index (χ1) is 15.6. The summed E-state index contributed by atoms with van der Waals surface area (Å²) < 4.78 is 1.29. The molecule has 0 unspecified atom stereocenters. The Hall–Kier alpha value is -4.11. The van der Waals surface area contributed by atoms with E-state index in [1.54, 1.807) is 30.6 Å². The average molecular weight is 443 g/mol. The first kappa shape index (κ1) is 19.8. The van der Waals surface area contributed by atoms with E-state index in [0.29, 0.717) is 33.1 Å². The second-order valence-electron chi connectivity index (χ2n) is 7.23. The van der Waals surface area contributed by atoms with Crippen LogP contribution in [-0.4, -0.2) is 25.5 Å². The van der Waals surface area contributed by atoms with Gasteiger partial charge in [-0.3, -0.25) is 14.6 Å². The van der Waals surface area contributed by atoms with Gasteiger partial charge in [-0.05, 0) is 48.4 Å². The Kier molecular flexibility index (Phi) is 5.08. The monoisotopic (exact) mass is 442 g/mol. The number of anilines is 2. The molecule has 32 heavy (non-hydrogen) atoms. The number of nitrogens with zero attached hydrogens (tertiary/aromatic N) is 4. The number of amides is 1. The summed E-state index contributed by atoms with van der Waals surface area (Å²) in [5.74, 6) is -0.246. The molecular weight excluding hydrogens is 424 g/mol. The lowest BCUT2D eigenvalue weighted by molar-refractivity contribution is 0.0951. The molecule has 3 aromatic heterocycles. The highest BCUT2D eigenvalue weighted by Gasteiger charge is 2.14. The molecule has 0 aliphatic rings. The summed E-state index contributed by atoms with van der Waals surface area (Å²) in [6, 6.07) is 16.4. The van der Waals surface area contributed by atoms with Crippen LogP contribution in [0.25, 0.3) is 15.9 Å². The smallest absolute Gasteiger partial charge is 0.283 e. The van der Waals surface area contributed by atoms with E-state index < -0.39 is 0 Å². The van der Waals surface area contributed by atoms with Crippen molar-refractivity contribution in [1.29, 1.82) is 0 Å². The van der Waals surface area contributed by atoms with E-state index in [1.807, 2.05) is 43.3 Å². The standard InChI is InChI=1S/C23H18N6O2S/c1-14-5-2-3-7-18(14)26-22-28-29-21(31)17-9-8-16(11-19(17)27-23(29)32-22)20(30)25-13-15-6-4-10-24-12-15/h2-12H,13H2,1H3,(H,25,30)(H,26,28). The van der Waals surface area contributed by atoms with E-state index in [2.05, 4.69) is 25.7 Å².